The number of allylic oxidation sites excluding steroid dienone is 13. The molecule has 0 aliphatic heterocycles. The molecule has 3 atom stereocenters. The smallest absolute Gasteiger partial charge is 0.472 e. The highest BCUT2D eigenvalue weighted by Gasteiger charge is 2.28. The number of rotatable bonds is 39. The predicted molar refractivity (Wildman–Crippen MR) is 235 cm³/mol. The standard InChI is InChI=1S/C46H76NO10P/c1-3-5-7-9-11-13-15-17-19-20-21-22-24-25-27-29-31-33-35-37-44(48)54-39-42(40-55-58(52,53)56-41-43(47)46(50)51)57-45(49)38-36-34-32-30-28-26-23-18-16-14-12-10-8-6-4-2/h6,8,11-14,17-19,23,28,30,34,36,42-43H,3-5,7,9-10,15-16,20-22,24-27,29,31-33,35,37-41,47H2,1-2H3,(H,50,51)(H,52,53)/b8-6-,13-11-,14-12-,19-17-,23-18-,30-28-,36-34-. The van der Waals surface area contributed by atoms with Gasteiger partial charge in [-0.3, -0.25) is 23.4 Å². The Morgan fingerprint density at radius 1 is 0.569 bits per heavy atom. The second kappa shape index (κ2) is 40.4. The number of carbonyl (C=O) groups excluding carboxylic acids is 2. The third kappa shape index (κ3) is 39.5. The minimum absolute atomic E-state index is 0.0760. The summed E-state index contributed by atoms with van der Waals surface area (Å²) < 4.78 is 32.5. The van der Waals surface area contributed by atoms with E-state index in [0.717, 1.165) is 57.8 Å². The first-order valence-electron chi connectivity index (χ1n) is 21.6. The van der Waals surface area contributed by atoms with Crippen LogP contribution in [0.2, 0.25) is 0 Å². The summed E-state index contributed by atoms with van der Waals surface area (Å²) in [6, 6.07) is -1.54. The molecule has 0 aromatic rings. The van der Waals surface area contributed by atoms with Crippen LogP contribution >= 0.6 is 7.82 Å². The summed E-state index contributed by atoms with van der Waals surface area (Å²) in [6.07, 6.45) is 49.6. The Hall–Kier alpha value is -3.34. The van der Waals surface area contributed by atoms with Crippen LogP contribution in [0.15, 0.2) is 85.1 Å². The Kier molecular flexibility index (Phi) is 38.1. The fraction of sp³-hybridized carbons (Fsp3) is 0.630. The fourth-order valence-electron chi connectivity index (χ4n) is 5.29. The summed E-state index contributed by atoms with van der Waals surface area (Å²) >= 11 is 0. The minimum atomic E-state index is -4.75. The van der Waals surface area contributed by atoms with Crippen LogP contribution in [0.25, 0.3) is 0 Å². The fourth-order valence-corrected chi connectivity index (χ4v) is 6.06. The molecule has 11 nitrogen and oxygen atoms in total. The molecule has 0 aromatic carbocycles. The molecule has 58 heavy (non-hydrogen) atoms. The van der Waals surface area contributed by atoms with Gasteiger partial charge in [-0.15, -0.1) is 0 Å². The molecule has 330 valence electrons. The van der Waals surface area contributed by atoms with Crippen LogP contribution in [-0.2, 0) is 37.5 Å². The largest absolute Gasteiger partial charge is 0.480 e. The van der Waals surface area contributed by atoms with E-state index in [1.165, 1.54) is 57.8 Å². The van der Waals surface area contributed by atoms with E-state index in [1.54, 1.807) is 6.08 Å². The summed E-state index contributed by atoms with van der Waals surface area (Å²) in [5.41, 5.74) is 5.32. The first-order valence-corrected chi connectivity index (χ1v) is 23.1. The third-order valence-corrected chi connectivity index (χ3v) is 9.61. The van der Waals surface area contributed by atoms with Crippen LogP contribution in [0, 0.1) is 0 Å². The molecule has 0 saturated heterocycles. The zero-order valence-corrected chi connectivity index (χ0v) is 36.5. The molecule has 0 radical (unpaired) electrons. The first-order chi connectivity index (χ1) is 28.1. The Labute approximate surface area is 350 Å². The molecule has 0 aliphatic rings. The summed E-state index contributed by atoms with van der Waals surface area (Å²) in [7, 11) is -4.75. The lowest BCUT2D eigenvalue weighted by molar-refractivity contribution is -0.160. The minimum Gasteiger partial charge on any atom is -0.480 e. The van der Waals surface area contributed by atoms with E-state index in [4.69, 9.17) is 24.8 Å². The van der Waals surface area contributed by atoms with E-state index in [2.05, 4.69) is 79.1 Å². The Morgan fingerprint density at radius 3 is 1.53 bits per heavy atom. The van der Waals surface area contributed by atoms with Crippen molar-refractivity contribution >= 4 is 25.7 Å². The number of hydrogen-bond acceptors (Lipinski definition) is 9. The van der Waals surface area contributed by atoms with Gasteiger partial charge in [0.2, 0.25) is 0 Å². The number of carboxylic acids is 1. The van der Waals surface area contributed by atoms with E-state index < -0.39 is 57.7 Å². The lowest BCUT2D eigenvalue weighted by Crippen LogP contribution is -2.34. The molecule has 4 N–H and O–H groups in total. The van der Waals surface area contributed by atoms with Crippen molar-refractivity contribution in [1.29, 1.82) is 0 Å². The van der Waals surface area contributed by atoms with Crippen molar-refractivity contribution in [2.24, 2.45) is 5.73 Å². The molecule has 0 fully saturated rings. The Bertz CT molecular complexity index is 1300. The Balaban J connectivity index is 4.47. The molecule has 0 spiro atoms. The second-order valence-electron chi connectivity index (χ2n) is 14.1. The van der Waals surface area contributed by atoms with Crippen molar-refractivity contribution in [3.05, 3.63) is 85.1 Å². The van der Waals surface area contributed by atoms with E-state index in [9.17, 15) is 23.8 Å². The van der Waals surface area contributed by atoms with E-state index in [1.807, 2.05) is 18.2 Å². The van der Waals surface area contributed by atoms with Gasteiger partial charge in [-0.05, 0) is 70.6 Å². The maximum Gasteiger partial charge on any atom is 0.472 e. The number of phosphoric ester groups is 1. The van der Waals surface area contributed by atoms with Gasteiger partial charge in [0, 0.05) is 6.42 Å². The summed E-state index contributed by atoms with van der Waals surface area (Å²) in [5, 5.41) is 8.88. The molecular formula is C46H76NO10P. The van der Waals surface area contributed by atoms with Gasteiger partial charge in [-0.2, -0.15) is 0 Å². The highest BCUT2D eigenvalue weighted by molar-refractivity contribution is 7.47. The number of phosphoric acid groups is 1. The summed E-state index contributed by atoms with van der Waals surface area (Å²) in [6.45, 7) is 2.54. The van der Waals surface area contributed by atoms with Crippen LogP contribution in [0.5, 0.6) is 0 Å². The molecule has 0 aromatic heterocycles. The van der Waals surface area contributed by atoms with Crippen molar-refractivity contribution < 1.29 is 47.5 Å². The van der Waals surface area contributed by atoms with Crippen LogP contribution in [-0.4, -0.2) is 59.9 Å². The number of nitrogens with two attached hydrogens (primary N) is 1. The van der Waals surface area contributed by atoms with Gasteiger partial charge >= 0.3 is 25.7 Å². The molecule has 0 aliphatic carbocycles. The molecular weight excluding hydrogens is 757 g/mol. The third-order valence-electron chi connectivity index (χ3n) is 8.66. The molecule has 12 heteroatoms. The SMILES string of the molecule is CC/C=C\C/C=C\C/C=C\C/C=C\C/C=C\CC(=O)OC(COC(=O)CCCCCCCCCCC/C=C\C/C=C\CCCCC)COP(=O)(O)OCC(N)C(=O)O. The first kappa shape index (κ1) is 54.7. The van der Waals surface area contributed by atoms with Crippen molar-refractivity contribution in [1.82, 2.24) is 0 Å². The number of unbranched alkanes of at least 4 members (excludes halogenated alkanes) is 12. The highest BCUT2D eigenvalue weighted by Crippen LogP contribution is 2.43. The Morgan fingerprint density at radius 2 is 1.02 bits per heavy atom. The number of ether oxygens (including phenoxy) is 2. The lowest BCUT2D eigenvalue weighted by atomic mass is 10.1. The van der Waals surface area contributed by atoms with Gasteiger partial charge in [0.15, 0.2) is 6.10 Å². The number of carboxylic acid groups (broad SMARTS) is 1. The lowest BCUT2D eigenvalue weighted by Gasteiger charge is -2.20. The zero-order chi connectivity index (χ0) is 42.8. The topological polar surface area (TPSA) is 172 Å². The quantitative estimate of drug-likeness (QED) is 0.0233. The van der Waals surface area contributed by atoms with Crippen molar-refractivity contribution in [3.8, 4) is 0 Å². The van der Waals surface area contributed by atoms with Gasteiger partial charge in [-0.1, -0.05) is 157 Å². The number of aliphatic carboxylic acids is 1. The maximum atomic E-state index is 12.6. The van der Waals surface area contributed by atoms with Crippen LogP contribution in [0.4, 0.5) is 0 Å². The van der Waals surface area contributed by atoms with E-state index in [-0.39, 0.29) is 12.8 Å². The van der Waals surface area contributed by atoms with Gasteiger partial charge in [-0.25, -0.2) is 4.57 Å². The van der Waals surface area contributed by atoms with Crippen LogP contribution in [0.3, 0.4) is 0 Å². The van der Waals surface area contributed by atoms with E-state index in [0.29, 0.717) is 12.8 Å². The van der Waals surface area contributed by atoms with Gasteiger partial charge < -0.3 is 25.2 Å². The van der Waals surface area contributed by atoms with Crippen molar-refractivity contribution in [2.75, 3.05) is 19.8 Å². The zero-order valence-electron chi connectivity index (χ0n) is 35.6. The molecule has 0 saturated carbocycles. The molecule has 0 amide bonds. The van der Waals surface area contributed by atoms with Gasteiger partial charge in [0.1, 0.15) is 12.6 Å². The maximum absolute atomic E-state index is 12.6. The number of carbonyl (C=O) groups is 3. The summed E-state index contributed by atoms with van der Waals surface area (Å²) in [4.78, 5) is 45.9. The molecule has 0 rings (SSSR count). The van der Waals surface area contributed by atoms with Crippen molar-refractivity contribution in [2.45, 2.75) is 167 Å². The number of esters is 2. The second-order valence-corrected chi connectivity index (χ2v) is 15.6. The monoisotopic (exact) mass is 834 g/mol. The average Bonchev–Trinajstić information content (AvgIpc) is 3.20. The van der Waals surface area contributed by atoms with Gasteiger partial charge in [0.05, 0.1) is 19.6 Å². The molecule has 0 heterocycles. The summed E-state index contributed by atoms with van der Waals surface area (Å²) in [5.74, 6) is -2.55. The van der Waals surface area contributed by atoms with Crippen molar-refractivity contribution in [3.63, 3.8) is 0 Å². The molecule has 3 unspecified atom stereocenters. The predicted octanol–water partition coefficient (Wildman–Crippen LogP) is 11.5. The number of hydrogen-bond donors (Lipinski definition) is 3. The highest BCUT2D eigenvalue weighted by atomic mass is 31.2. The van der Waals surface area contributed by atoms with E-state index >= 15 is 0 Å². The average molecular weight is 834 g/mol. The molecule has 0 bridgehead atoms. The van der Waals surface area contributed by atoms with Crippen LogP contribution in [0.1, 0.15) is 155 Å². The normalized spacial score (nSPS) is 14.6. The van der Waals surface area contributed by atoms with Crippen LogP contribution < -0.4 is 5.73 Å². The van der Waals surface area contributed by atoms with Gasteiger partial charge in [0.25, 0.3) is 0 Å².